The van der Waals surface area contributed by atoms with Gasteiger partial charge in [-0.3, -0.25) is 9.51 Å². The van der Waals surface area contributed by atoms with Crippen molar-refractivity contribution in [3.8, 4) is 0 Å². The Bertz CT molecular complexity index is 977. The molecule has 0 amide bonds. The van der Waals surface area contributed by atoms with E-state index in [2.05, 4.69) is 44.8 Å². The Morgan fingerprint density at radius 2 is 1.92 bits per heavy atom. The van der Waals surface area contributed by atoms with E-state index in [0.717, 1.165) is 25.2 Å². The van der Waals surface area contributed by atoms with E-state index in [9.17, 15) is 9.90 Å². The fraction of sp³-hybridized carbons (Fsp3) is 0.933. The van der Waals surface area contributed by atoms with Gasteiger partial charge in [0.15, 0.2) is 5.82 Å². The second-order valence-electron chi connectivity index (χ2n) is 13.8. The summed E-state index contributed by atoms with van der Waals surface area (Å²) >= 11 is 0. The maximum atomic E-state index is 11.6. The lowest BCUT2D eigenvalue weighted by atomic mass is 9.41. The summed E-state index contributed by atoms with van der Waals surface area (Å²) < 4.78 is 16.8. The van der Waals surface area contributed by atoms with Gasteiger partial charge >= 0.3 is 5.76 Å². The highest BCUT2D eigenvalue weighted by atomic mass is 16.7. The first kappa shape index (κ1) is 27.4. The lowest BCUT2D eigenvalue weighted by Crippen LogP contribution is -2.62. The second kappa shape index (κ2) is 10.4. The van der Waals surface area contributed by atoms with Crippen molar-refractivity contribution in [1.82, 2.24) is 10.1 Å². The zero-order valence-corrected chi connectivity index (χ0v) is 23.9. The van der Waals surface area contributed by atoms with Crippen molar-refractivity contribution in [3.05, 3.63) is 16.4 Å². The van der Waals surface area contributed by atoms with Crippen LogP contribution in [0.2, 0.25) is 0 Å². The fourth-order valence-corrected chi connectivity index (χ4v) is 10.5. The molecular weight excluding hydrogens is 468 g/mol. The highest BCUT2D eigenvalue weighted by Crippen LogP contribution is 2.70. The van der Waals surface area contributed by atoms with E-state index < -0.39 is 5.76 Å². The summed E-state index contributed by atoms with van der Waals surface area (Å²) in [6, 6.07) is 0. The Balaban J connectivity index is 1.45. The van der Waals surface area contributed by atoms with Crippen molar-refractivity contribution >= 4 is 0 Å². The predicted molar refractivity (Wildman–Crippen MR) is 142 cm³/mol. The van der Waals surface area contributed by atoms with Crippen LogP contribution in [-0.4, -0.2) is 41.4 Å². The molecule has 4 saturated carbocycles. The molecular formula is C30H50N2O5. The molecule has 210 valence electrons. The number of methoxy groups -OCH3 is 1. The molecule has 1 heterocycles. The number of nitrogens with one attached hydrogen (secondary N) is 1. The molecule has 12 atom stereocenters. The Morgan fingerprint density at radius 1 is 1.16 bits per heavy atom. The number of aromatic nitrogens is 2. The number of aromatic amines is 1. The zero-order chi connectivity index (χ0) is 26.5. The van der Waals surface area contributed by atoms with Gasteiger partial charge < -0.3 is 14.6 Å². The first-order chi connectivity index (χ1) is 17.6. The van der Waals surface area contributed by atoms with Crippen LogP contribution in [0.1, 0.15) is 91.8 Å². The van der Waals surface area contributed by atoms with Crippen molar-refractivity contribution in [2.45, 2.75) is 105 Å². The fourth-order valence-electron chi connectivity index (χ4n) is 10.5. The van der Waals surface area contributed by atoms with Crippen LogP contribution in [0, 0.1) is 58.2 Å². The van der Waals surface area contributed by atoms with E-state index >= 15 is 0 Å². The van der Waals surface area contributed by atoms with E-state index in [-0.39, 0.29) is 23.5 Å². The van der Waals surface area contributed by atoms with Gasteiger partial charge in [-0.05, 0) is 96.7 Å². The van der Waals surface area contributed by atoms with Crippen molar-refractivity contribution in [1.29, 1.82) is 0 Å². The first-order valence-corrected chi connectivity index (χ1v) is 15.0. The highest BCUT2D eigenvalue weighted by molar-refractivity contribution is 5.15. The molecule has 0 saturated heterocycles. The minimum absolute atomic E-state index is 0.0787. The number of aliphatic hydroxyl groups is 1. The third-order valence-corrected chi connectivity index (χ3v) is 12.1. The number of hydrogen-bond acceptors (Lipinski definition) is 6. The number of hydrogen-bond donors (Lipinski definition) is 2. The standard InChI is InChI=1S/C30H50N2O5/c1-7-19-21-14-17(2)10-12-29(21,4)20-11-13-30(5)22(25(20)27(19)36-16-35-6)15-23(33)26(30)18(3)8-9-24-31-28(34)37-32-24/h17-23,25-27,33H,7-16H2,1-6H3,(H,31,32,34)/t17-,18-,19-,20?,21+,22?,23+,25?,26+,27?,29-,30+/m1/s1. The van der Waals surface area contributed by atoms with Gasteiger partial charge in [0.25, 0.3) is 0 Å². The van der Waals surface area contributed by atoms with Crippen molar-refractivity contribution in [2.75, 3.05) is 13.9 Å². The summed E-state index contributed by atoms with van der Waals surface area (Å²) in [5.74, 6) is 4.27. The molecule has 5 rings (SSSR count). The number of fused-ring (bicyclic) bond motifs is 5. The van der Waals surface area contributed by atoms with Crippen LogP contribution >= 0.6 is 0 Å². The SMILES string of the molecule is CC[C@H]1C(OCOC)C2C3C[C@H](O)[C@H]([C@H](C)CCc4noc(=O)[nH]4)[C@@]3(C)CCC2[C@@]2(C)CC[C@@H](C)C[C@@H]12. The molecule has 4 fully saturated rings. The molecule has 0 spiro atoms. The number of aryl methyl sites for hydroxylation is 1. The van der Waals surface area contributed by atoms with E-state index in [0.29, 0.717) is 60.0 Å². The Labute approximate surface area is 222 Å². The molecule has 0 aromatic carbocycles. The zero-order valence-electron chi connectivity index (χ0n) is 23.9. The molecule has 1 aromatic heterocycles. The minimum Gasteiger partial charge on any atom is -0.393 e. The summed E-state index contributed by atoms with van der Waals surface area (Å²) in [4.78, 5) is 14.1. The number of ether oxygens (including phenoxy) is 2. The normalized spacial score (nSPS) is 46.2. The van der Waals surface area contributed by atoms with Gasteiger partial charge in [0.05, 0.1) is 12.2 Å². The minimum atomic E-state index is -0.498. The van der Waals surface area contributed by atoms with E-state index in [1.165, 1.54) is 32.1 Å². The van der Waals surface area contributed by atoms with Gasteiger partial charge in [-0.25, -0.2) is 4.79 Å². The van der Waals surface area contributed by atoms with Crippen LogP contribution in [0.15, 0.2) is 9.32 Å². The van der Waals surface area contributed by atoms with Gasteiger partial charge in [0, 0.05) is 13.5 Å². The second-order valence-corrected chi connectivity index (χ2v) is 13.8. The number of H-pyrrole nitrogens is 1. The molecule has 7 heteroatoms. The van der Waals surface area contributed by atoms with Crippen LogP contribution in [0.4, 0.5) is 0 Å². The lowest BCUT2D eigenvalue weighted by Gasteiger charge is -2.65. The topological polar surface area (TPSA) is 97.6 Å². The average Bonchev–Trinajstić information content (AvgIpc) is 3.40. The maximum Gasteiger partial charge on any atom is 0.438 e. The summed E-state index contributed by atoms with van der Waals surface area (Å²) in [6.07, 6.45) is 9.84. The van der Waals surface area contributed by atoms with Gasteiger partial charge in [-0.2, -0.15) is 0 Å². The monoisotopic (exact) mass is 518 g/mol. The smallest absolute Gasteiger partial charge is 0.393 e. The quantitative estimate of drug-likeness (QED) is 0.445. The molecule has 7 nitrogen and oxygen atoms in total. The van der Waals surface area contributed by atoms with Crippen LogP contribution in [0.3, 0.4) is 0 Å². The highest BCUT2D eigenvalue weighted by Gasteiger charge is 2.66. The van der Waals surface area contributed by atoms with E-state index in [4.69, 9.17) is 14.0 Å². The Morgan fingerprint density at radius 3 is 2.59 bits per heavy atom. The molecule has 4 aliphatic carbocycles. The van der Waals surface area contributed by atoms with Gasteiger partial charge in [0.2, 0.25) is 0 Å². The molecule has 4 unspecified atom stereocenters. The molecule has 0 aliphatic heterocycles. The average molecular weight is 519 g/mol. The van der Waals surface area contributed by atoms with Crippen LogP contribution in [0.5, 0.6) is 0 Å². The molecule has 37 heavy (non-hydrogen) atoms. The summed E-state index contributed by atoms with van der Waals surface area (Å²) in [5.41, 5.74) is 0.439. The predicted octanol–water partition coefficient (Wildman–Crippen LogP) is 5.43. The molecule has 0 bridgehead atoms. The van der Waals surface area contributed by atoms with Gasteiger partial charge in [0.1, 0.15) is 6.79 Å². The first-order valence-electron chi connectivity index (χ1n) is 15.0. The van der Waals surface area contributed by atoms with Crippen molar-refractivity contribution < 1.29 is 19.1 Å². The van der Waals surface area contributed by atoms with Crippen LogP contribution in [-0.2, 0) is 15.9 Å². The molecule has 1 aromatic rings. The van der Waals surface area contributed by atoms with Crippen LogP contribution < -0.4 is 5.76 Å². The van der Waals surface area contributed by atoms with Crippen molar-refractivity contribution in [3.63, 3.8) is 0 Å². The lowest BCUT2D eigenvalue weighted by molar-refractivity contribution is -0.231. The summed E-state index contributed by atoms with van der Waals surface area (Å²) in [5, 5.41) is 15.5. The van der Waals surface area contributed by atoms with Gasteiger partial charge in [-0.1, -0.05) is 52.6 Å². The third-order valence-electron chi connectivity index (χ3n) is 12.1. The molecule has 4 aliphatic rings. The summed E-state index contributed by atoms with van der Waals surface area (Å²) in [7, 11) is 1.73. The van der Waals surface area contributed by atoms with Gasteiger partial charge in [-0.15, -0.1) is 0 Å². The number of nitrogens with zero attached hydrogens (tertiary/aromatic N) is 1. The Hall–Kier alpha value is -1.18. The summed E-state index contributed by atoms with van der Waals surface area (Å²) in [6.45, 7) is 12.5. The third kappa shape index (κ3) is 4.55. The number of aliphatic hydroxyl groups excluding tert-OH is 1. The molecule has 2 N–H and O–H groups in total. The number of rotatable bonds is 8. The van der Waals surface area contributed by atoms with Crippen LogP contribution in [0.25, 0.3) is 0 Å². The van der Waals surface area contributed by atoms with Crippen molar-refractivity contribution in [2.24, 2.45) is 58.2 Å². The largest absolute Gasteiger partial charge is 0.438 e. The van der Waals surface area contributed by atoms with E-state index in [1.54, 1.807) is 7.11 Å². The Kier molecular flexibility index (Phi) is 7.71. The maximum absolute atomic E-state index is 11.6. The van der Waals surface area contributed by atoms with E-state index in [1.807, 2.05) is 0 Å². The molecule has 0 radical (unpaired) electrons.